The molecule has 0 fully saturated rings. The Morgan fingerprint density at radius 1 is 1.16 bits per heavy atom. The van der Waals surface area contributed by atoms with Gasteiger partial charge in [-0.2, -0.15) is 0 Å². The maximum atomic E-state index is 12.0. The van der Waals surface area contributed by atoms with Crippen molar-refractivity contribution in [3.63, 3.8) is 0 Å². The number of rotatable bonds is 4. The van der Waals surface area contributed by atoms with E-state index in [2.05, 4.69) is 5.32 Å². The zero-order valence-electron chi connectivity index (χ0n) is 10.4. The molecule has 0 saturated carbocycles. The zero-order chi connectivity index (χ0) is 13.7. The van der Waals surface area contributed by atoms with Gasteiger partial charge in [-0.05, 0) is 48.9 Å². The number of carbonyl (C=O) groups excluding carboxylic acids is 1. The average molecular weight is 275 g/mol. The Labute approximate surface area is 117 Å². The zero-order valence-corrected chi connectivity index (χ0v) is 11.2. The molecule has 0 saturated heterocycles. The Morgan fingerprint density at radius 3 is 2.53 bits per heavy atom. The summed E-state index contributed by atoms with van der Waals surface area (Å²) >= 11 is 5.86. The van der Waals surface area contributed by atoms with Gasteiger partial charge in [-0.3, -0.25) is 4.79 Å². The highest BCUT2D eigenvalue weighted by Gasteiger charge is 2.06. The molecule has 0 aliphatic carbocycles. The van der Waals surface area contributed by atoms with Crippen LogP contribution in [0.1, 0.15) is 15.9 Å². The van der Waals surface area contributed by atoms with Crippen molar-refractivity contribution in [3.8, 4) is 0 Å². The van der Waals surface area contributed by atoms with Crippen molar-refractivity contribution in [2.24, 2.45) is 5.73 Å². The number of benzene rings is 2. The maximum absolute atomic E-state index is 12.0. The molecule has 2 rings (SSSR count). The number of amides is 1. The number of hydrogen-bond donors (Lipinski definition) is 2. The van der Waals surface area contributed by atoms with E-state index >= 15 is 0 Å². The molecule has 2 aromatic rings. The standard InChI is InChI=1S/C15H15ClN2O/c16-13-3-1-2-12(10-13)15(19)18-14-6-4-11(5-7-14)8-9-17/h1-7,10H,8-9,17H2,(H,18,19). The monoisotopic (exact) mass is 274 g/mol. The highest BCUT2D eigenvalue weighted by Crippen LogP contribution is 2.14. The minimum absolute atomic E-state index is 0.172. The lowest BCUT2D eigenvalue weighted by Gasteiger charge is -2.06. The lowest BCUT2D eigenvalue weighted by atomic mass is 10.1. The van der Waals surface area contributed by atoms with Gasteiger partial charge in [0.05, 0.1) is 0 Å². The van der Waals surface area contributed by atoms with Crippen LogP contribution in [0.2, 0.25) is 5.02 Å². The second kappa shape index (κ2) is 6.36. The van der Waals surface area contributed by atoms with Gasteiger partial charge in [0.25, 0.3) is 5.91 Å². The van der Waals surface area contributed by atoms with E-state index in [1.165, 1.54) is 0 Å². The molecule has 0 aliphatic heterocycles. The molecule has 0 aromatic heterocycles. The SMILES string of the molecule is NCCc1ccc(NC(=O)c2cccc(Cl)c2)cc1. The van der Waals surface area contributed by atoms with Crippen LogP contribution in [-0.4, -0.2) is 12.5 Å². The van der Waals surface area contributed by atoms with E-state index in [9.17, 15) is 4.79 Å². The van der Waals surface area contributed by atoms with Crippen molar-refractivity contribution in [1.29, 1.82) is 0 Å². The summed E-state index contributed by atoms with van der Waals surface area (Å²) in [5.41, 5.74) is 7.94. The van der Waals surface area contributed by atoms with Crippen LogP contribution in [-0.2, 0) is 6.42 Å². The maximum Gasteiger partial charge on any atom is 0.255 e. The Bertz CT molecular complexity index is 567. The van der Waals surface area contributed by atoms with Crippen LogP contribution in [0.15, 0.2) is 48.5 Å². The van der Waals surface area contributed by atoms with Crippen molar-refractivity contribution in [1.82, 2.24) is 0 Å². The molecule has 0 unspecified atom stereocenters. The molecule has 0 radical (unpaired) electrons. The topological polar surface area (TPSA) is 55.1 Å². The fraction of sp³-hybridized carbons (Fsp3) is 0.133. The van der Waals surface area contributed by atoms with Crippen molar-refractivity contribution in [2.75, 3.05) is 11.9 Å². The van der Waals surface area contributed by atoms with E-state index < -0.39 is 0 Å². The van der Waals surface area contributed by atoms with Gasteiger partial charge in [-0.15, -0.1) is 0 Å². The molecule has 0 spiro atoms. The summed E-state index contributed by atoms with van der Waals surface area (Å²) in [6, 6.07) is 14.5. The van der Waals surface area contributed by atoms with Crippen molar-refractivity contribution in [2.45, 2.75) is 6.42 Å². The van der Waals surface area contributed by atoms with E-state index in [4.69, 9.17) is 17.3 Å². The minimum Gasteiger partial charge on any atom is -0.330 e. The van der Waals surface area contributed by atoms with E-state index in [0.717, 1.165) is 17.7 Å². The number of nitrogens with two attached hydrogens (primary N) is 1. The third kappa shape index (κ3) is 3.81. The van der Waals surface area contributed by atoms with Crippen LogP contribution in [0.25, 0.3) is 0 Å². The predicted molar refractivity (Wildman–Crippen MR) is 78.6 cm³/mol. The van der Waals surface area contributed by atoms with E-state index in [-0.39, 0.29) is 5.91 Å². The molecule has 3 N–H and O–H groups in total. The van der Waals surface area contributed by atoms with Crippen LogP contribution < -0.4 is 11.1 Å². The highest BCUT2D eigenvalue weighted by molar-refractivity contribution is 6.31. The highest BCUT2D eigenvalue weighted by atomic mass is 35.5. The van der Waals surface area contributed by atoms with Gasteiger partial charge < -0.3 is 11.1 Å². The quantitative estimate of drug-likeness (QED) is 0.900. The second-order valence-corrected chi connectivity index (χ2v) is 4.64. The number of halogens is 1. The number of carbonyl (C=O) groups is 1. The second-order valence-electron chi connectivity index (χ2n) is 4.20. The molecule has 4 heteroatoms. The molecule has 0 atom stereocenters. The third-order valence-corrected chi connectivity index (χ3v) is 2.97. The minimum atomic E-state index is -0.172. The van der Waals surface area contributed by atoms with E-state index in [0.29, 0.717) is 17.1 Å². The first-order chi connectivity index (χ1) is 9.19. The van der Waals surface area contributed by atoms with Gasteiger partial charge in [0.2, 0.25) is 0 Å². The van der Waals surface area contributed by atoms with E-state index in [1.807, 2.05) is 24.3 Å². The van der Waals surface area contributed by atoms with Crippen molar-refractivity contribution < 1.29 is 4.79 Å². The Kier molecular flexibility index (Phi) is 4.55. The van der Waals surface area contributed by atoms with E-state index in [1.54, 1.807) is 24.3 Å². The fourth-order valence-electron chi connectivity index (χ4n) is 1.75. The Balaban J connectivity index is 2.06. The molecule has 0 bridgehead atoms. The molecule has 2 aromatic carbocycles. The molecule has 3 nitrogen and oxygen atoms in total. The third-order valence-electron chi connectivity index (χ3n) is 2.73. The van der Waals surface area contributed by atoms with Crippen molar-refractivity contribution >= 4 is 23.2 Å². The van der Waals surface area contributed by atoms with Gasteiger partial charge in [0, 0.05) is 16.3 Å². The number of hydrogen-bond acceptors (Lipinski definition) is 2. The first-order valence-electron chi connectivity index (χ1n) is 6.05. The van der Waals surface area contributed by atoms with Gasteiger partial charge >= 0.3 is 0 Å². The van der Waals surface area contributed by atoms with Crippen LogP contribution >= 0.6 is 11.6 Å². The van der Waals surface area contributed by atoms with Crippen molar-refractivity contribution in [3.05, 3.63) is 64.7 Å². The average Bonchev–Trinajstić information content (AvgIpc) is 2.41. The smallest absolute Gasteiger partial charge is 0.255 e. The fourth-order valence-corrected chi connectivity index (χ4v) is 1.94. The summed E-state index contributed by atoms with van der Waals surface area (Å²) in [6.45, 7) is 0.619. The van der Waals surface area contributed by atoms with Gasteiger partial charge in [-0.25, -0.2) is 0 Å². The summed E-state index contributed by atoms with van der Waals surface area (Å²) in [7, 11) is 0. The van der Waals surface area contributed by atoms with Gasteiger partial charge in [-0.1, -0.05) is 29.8 Å². The lowest BCUT2D eigenvalue weighted by molar-refractivity contribution is 0.102. The molecule has 1 amide bonds. The van der Waals surface area contributed by atoms with Crippen LogP contribution in [0, 0.1) is 0 Å². The summed E-state index contributed by atoms with van der Waals surface area (Å²) < 4.78 is 0. The molecular weight excluding hydrogens is 260 g/mol. The summed E-state index contributed by atoms with van der Waals surface area (Å²) in [6.07, 6.45) is 0.836. The molecule has 0 heterocycles. The Morgan fingerprint density at radius 2 is 1.89 bits per heavy atom. The summed E-state index contributed by atoms with van der Waals surface area (Å²) in [4.78, 5) is 12.0. The first-order valence-corrected chi connectivity index (χ1v) is 6.43. The largest absolute Gasteiger partial charge is 0.330 e. The van der Waals surface area contributed by atoms with Gasteiger partial charge in [0.15, 0.2) is 0 Å². The van der Waals surface area contributed by atoms with Crippen LogP contribution in [0.3, 0.4) is 0 Å². The first kappa shape index (κ1) is 13.6. The van der Waals surface area contributed by atoms with Crippen LogP contribution in [0.4, 0.5) is 5.69 Å². The number of nitrogens with one attached hydrogen (secondary N) is 1. The van der Waals surface area contributed by atoms with Gasteiger partial charge in [0.1, 0.15) is 0 Å². The van der Waals surface area contributed by atoms with Crippen LogP contribution in [0.5, 0.6) is 0 Å². The molecule has 98 valence electrons. The summed E-state index contributed by atoms with van der Waals surface area (Å²) in [5, 5.41) is 3.37. The lowest BCUT2D eigenvalue weighted by Crippen LogP contribution is -2.11. The normalized spacial score (nSPS) is 10.2. The molecule has 19 heavy (non-hydrogen) atoms. The number of anilines is 1. The molecule has 0 aliphatic rings. The summed E-state index contributed by atoms with van der Waals surface area (Å²) in [5.74, 6) is -0.172. The predicted octanol–water partition coefficient (Wildman–Crippen LogP) is 3.09. The Hall–Kier alpha value is -1.84. The molecular formula is C15H15ClN2O.